The van der Waals surface area contributed by atoms with E-state index in [0.717, 1.165) is 0 Å². The van der Waals surface area contributed by atoms with Gasteiger partial charge in [-0.05, 0) is 12.1 Å². The number of aromatic amines is 1. The van der Waals surface area contributed by atoms with Gasteiger partial charge in [0, 0.05) is 0 Å². The molecule has 0 unspecified atom stereocenters. The number of benzene rings is 1. The average Bonchev–Trinajstić information content (AvgIpc) is 2.45. The Labute approximate surface area is 84.1 Å². The van der Waals surface area contributed by atoms with Crippen molar-refractivity contribution in [1.29, 1.82) is 0 Å². The van der Waals surface area contributed by atoms with E-state index >= 15 is 0 Å². The first-order valence-electron chi connectivity index (χ1n) is 4.04. The Morgan fingerprint density at radius 2 is 2.29 bits per heavy atom. The molecule has 2 aromatic rings. The van der Waals surface area contributed by atoms with E-state index in [9.17, 15) is 9.59 Å². The van der Waals surface area contributed by atoms with Crippen LogP contribution in [0.4, 0.5) is 0 Å². The molecule has 0 fully saturated rings. The van der Waals surface area contributed by atoms with Crippen LogP contribution in [0.3, 0.4) is 0 Å². The normalized spacial score (nSPS) is 10.6. The standard InChI is InChI=1S/C9H7ClN2O2/c10-6-2-1-3-7-8(6)12(4-5-13)9(14)11-7/h1-3,5H,4H2,(H,11,14). The summed E-state index contributed by atoms with van der Waals surface area (Å²) in [7, 11) is 0. The van der Waals surface area contributed by atoms with Gasteiger partial charge in [-0.1, -0.05) is 17.7 Å². The Bertz CT molecular complexity index is 541. The van der Waals surface area contributed by atoms with E-state index in [2.05, 4.69) is 4.98 Å². The van der Waals surface area contributed by atoms with Crippen LogP contribution in [0.25, 0.3) is 11.0 Å². The van der Waals surface area contributed by atoms with Crippen molar-refractivity contribution in [2.45, 2.75) is 6.54 Å². The van der Waals surface area contributed by atoms with Gasteiger partial charge in [-0.15, -0.1) is 0 Å². The van der Waals surface area contributed by atoms with Crippen LogP contribution in [0.2, 0.25) is 5.02 Å². The number of H-pyrrole nitrogens is 1. The van der Waals surface area contributed by atoms with Crippen molar-refractivity contribution in [2.24, 2.45) is 0 Å². The Morgan fingerprint density at radius 1 is 1.50 bits per heavy atom. The highest BCUT2D eigenvalue weighted by atomic mass is 35.5. The van der Waals surface area contributed by atoms with Crippen molar-refractivity contribution >= 4 is 28.9 Å². The number of para-hydroxylation sites is 1. The van der Waals surface area contributed by atoms with Crippen LogP contribution in [0.1, 0.15) is 0 Å². The van der Waals surface area contributed by atoms with Crippen molar-refractivity contribution in [3.05, 3.63) is 33.7 Å². The molecule has 0 aliphatic carbocycles. The van der Waals surface area contributed by atoms with Gasteiger partial charge in [-0.2, -0.15) is 0 Å². The molecule has 0 saturated carbocycles. The minimum Gasteiger partial charge on any atom is -0.305 e. The summed E-state index contributed by atoms with van der Waals surface area (Å²) in [4.78, 5) is 24.4. The second kappa shape index (κ2) is 3.31. The summed E-state index contributed by atoms with van der Waals surface area (Å²) >= 11 is 5.92. The molecule has 4 nitrogen and oxygen atoms in total. The summed E-state index contributed by atoms with van der Waals surface area (Å²) in [6.45, 7) is 0.0164. The Kier molecular flexibility index (Phi) is 2.13. The highest BCUT2D eigenvalue weighted by Gasteiger charge is 2.08. The molecule has 0 spiro atoms. The van der Waals surface area contributed by atoms with Gasteiger partial charge < -0.3 is 9.78 Å². The maximum Gasteiger partial charge on any atom is 0.326 e. The number of aldehydes is 1. The van der Waals surface area contributed by atoms with Gasteiger partial charge in [0.1, 0.15) is 6.29 Å². The highest BCUT2D eigenvalue weighted by molar-refractivity contribution is 6.34. The third-order valence-corrected chi connectivity index (χ3v) is 2.31. The van der Waals surface area contributed by atoms with Crippen molar-refractivity contribution in [2.75, 3.05) is 0 Å². The molecule has 0 bridgehead atoms. The Balaban J connectivity index is 2.86. The van der Waals surface area contributed by atoms with E-state index in [1.54, 1.807) is 18.2 Å². The van der Waals surface area contributed by atoms with Crippen molar-refractivity contribution in [3.63, 3.8) is 0 Å². The number of nitrogens with one attached hydrogen (secondary N) is 1. The number of aromatic nitrogens is 2. The molecule has 2 rings (SSSR count). The maximum absolute atomic E-state index is 11.4. The maximum atomic E-state index is 11.4. The first-order valence-corrected chi connectivity index (χ1v) is 4.42. The second-order valence-electron chi connectivity index (χ2n) is 2.84. The first-order chi connectivity index (χ1) is 6.74. The fraction of sp³-hybridized carbons (Fsp3) is 0.111. The molecular formula is C9H7ClN2O2. The van der Waals surface area contributed by atoms with Crippen molar-refractivity contribution < 1.29 is 4.79 Å². The molecule has 14 heavy (non-hydrogen) atoms. The molecule has 5 heteroatoms. The number of hydrogen-bond donors (Lipinski definition) is 1. The zero-order chi connectivity index (χ0) is 10.1. The molecule has 0 aliphatic rings. The molecule has 1 N–H and O–H groups in total. The van der Waals surface area contributed by atoms with Crippen LogP contribution < -0.4 is 5.69 Å². The van der Waals surface area contributed by atoms with Gasteiger partial charge in [-0.3, -0.25) is 4.57 Å². The van der Waals surface area contributed by atoms with E-state index in [0.29, 0.717) is 22.3 Å². The summed E-state index contributed by atoms with van der Waals surface area (Å²) in [5, 5.41) is 0.461. The molecule has 1 aromatic carbocycles. The molecule has 1 aromatic heterocycles. The second-order valence-corrected chi connectivity index (χ2v) is 3.25. The van der Waals surface area contributed by atoms with Gasteiger partial charge in [0.05, 0.1) is 22.6 Å². The molecule has 0 aliphatic heterocycles. The van der Waals surface area contributed by atoms with E-state index < -0.39 is 0 Å². The van der Waals surface area contributed by atoms with Gasteiger partial charge in [-0.25, -0.2) is 4.79 Å². The minimum atomic E-state index is -0.319. The quantitative estimate of drug-likeness (QED) is 0.757. The number of carbonyl (C=O) groups is 1. The Morgan fingerprint density at radius 3 is 3.00 bits per heavy atom. The summed E-state index contributed by atoms with van der Waals surface area (Å²) in [5.74, 6) is 0. The molecule has 0 saturated heterocycles. The predicted octanol–water partition coefficient (Wildman–Crippen LogP) is 1.18. The van der Waals surface area contributed by atoms with Gasteiger partial charge in [0.25, 0.3) is 0 Å². The fourth-order valence-corrected chi connectivity index (χ4v) is 1.70. The fourth-order valence-electron chi connectivity index (χ4n) is 1.42. The monoisotopic (exact) mass is 210 g/mol. The molecule has 0 radical (unpaired) electrons. The van der Waals surface area contributed by atoms with Crippen molar-refractivity contribution in [1.82, 2.24) is 9.55 Å². The van der Waals surface area contributed by atoms with Gasteiger partial charge >= 0.3 is 5.69 Å². The van der Waals surface area contributed by atoms with Gasteiger partial charge in [0.2, 0.25) is 0 Å². The van der Waals surface area contributed by atoms with Crippen LogP contribution in [0.15, 0.2) is 23.0 Å². The van der Waals surface area contributed by atoms with Gasteiger partial charge in [0.15, 0.2) is 0 Å². The number of imidazole rings is 1. The van der Waals surface area contributed by atoms with E-state index in [1.165, 1.54) is 4.57 Å². The lowest BCUT2D eigenvalue weighted by Gasteiger charge is -1.98. The van der Waals surface area contributed by atoms with Crippen LogP contribution in [-0.4, -0.2) is 15.8 Å². The third-order valence-electron chi connectivity index (χ3n) is 2.00. The van der Waals surface area contributed by atoms with Crippen LogP contribution in [0.5, 0.6) is 0 Å². The summed E-state index contributed by atoms with van der Waals surface area (Å²) in [6, 6.07) is 5.16. The smallest absolute Gasteiger partial charge is 0.305 e. The molecule has 72 valence electrons. The zero-order valence-electron chi connectivity index (χ0n) is 7.16. The lowest BCUT2D eigenvalue weighted by molar-refractivity contribution is -0.108. The molecule has 0 amide bonds. The summed E-state index contributed by atoms with van der Waals surface area (Å²) < 4.78 is 1.31. The van der Waals surface area contributed by atoms with Crippen LogP contribution >= 0.6 is 11.6 Å². The SMILES string of the molecule is O=CCn1c(=O)[nH]c2cccc(Cl)c21. The number of carbonyl (C=O) groups excluding carboxylic acids is 1. The molecular weight excluding hydrogens is 204 g/mol. The highest BCUT2D eigenvalue weighted by Crippen LogP contribution is 2.20. The van der Waals surface area contributed by atoms with Crippen LogP contribution in [0, 0.1) is 0 Å². The van der Waals surface area contributed by atoms with Crippen molar-refractivity contribution in [3.8, 4) is 0 Å². The first kappa shape index (κ1) is 9.02. The minimum absolute atomic E-state index is 0.0164. The van der Waals surface area contributed by atoms with E-state index in [1.807, 2.05) is 0 Å². The largest absolute Gasteiger partial charge is 0.326 e. The third kappa shape index (κ3) is 1.24. The summed E-state index contributed by atoms with van der Waals surface area (Å²) in [6.07, 6.45) is 0.665. The number of fused-ring (bicyclic) bond motifs is 1. The lowest BCUT2D eigenvalue weighted by atomic mass is 10.3. The summed E-state index contributed by atoms with van der Waals surface area (Å²) in [5.41, 5.74) is 0.899. The molecule has 0 atom stereocenters. The van der Waals surface area contributed by atoms with E-state index in [4.69, 9.17) is 11.6 Å². The predicted molar refractivity (Wildman–Crippen MR) is 53.6 cm³/mol. The number of halogens is 1. The zero-order valence-corrected chi connectivity index (χ0v) is 7.91. The average molecular weight is 211 g/mol. The number of nitrogens with zero attached hydrogens (tertiary/aromatic N) is 1. The Hall–Kier alpha value is -1.55. The lowest BCUT2D eigenvalue weighted by Crippen LogP contribution is -2.17. The van der Waals surface area contributed by atoms with E-state index in [-0.39, 0.29) is 12.2 Å². The topological polar surface area (TPSA) is 54.9 Å². The number of rotatable bonds is 2. The number of hydrogen-bond acceptors (Lipinski definition) is 2. The molecule has 1 heterocycles. The van der Waals surface area contributed by atoms with Crippen LogP contribution in [-0.2, 0) is 11.3 Å².